The molecule has 0 spiro atoms. The number of carbonyl (C=O) groups is 1. The Morgan fingerprint density at radius 1 is 1.16 bits per heavy atom. The first-order valence-electron chi connectivity index (χ1n) is 10.8. The SMILES string of the molecule is CN=C(NCc1cn2c(C)cccc2n1)NCC1CC(=O)N(CCc2ccccc2)C1. The molecule has 1 aromatic carbocycles. The predicted molar refractivity (Wildman–Crippen MR) is 123 cm³/mol. The van der Waals surface area contributed by atoms with Crippen LogP contribution in [0.5, 0.6) is 0 Å². The summed E-state index contributed by atoms with van der Waals surface area (Å²) in [5.41, 5.74) is 4.32. The number of aliphatic imine (C=N–C) groups is 1. The lowest BCUT2D eigenvalue weighted by Gasteiger charge is -2.17. The van der Waals surface area contributed by atoms with Crippen molar-refractivity contribution >= 4 is 17.5 Å². The molecule has 1 atom stereocenters. The number of carbonyl (C=O) groups excluding carboxylic acids is 1. The van der Waals surface area contributed by atoms with Crippen molar-refractivity contribution in [2.45, 2.75) is 26.3 Å². The van der Waals surface area contributed by atoms with Gasteiger partial charge in [-0.25, -0.2) is 4.98 Å². The number of nitrogens with one attached hydrogen (secondary N) is 2. The van der Waals surface area contributed by atoms with Gasteiger partial charge in [0.15, 0.2) is 5.96 Å². The molecule has 2 N–H and O–H groups in total. The molecule has 4 rings (SSSR count). The minimum absolute atomic E-state index is 0.241. The fourth-order valence-electron chi connectivity index (χ4n) is 4.04. The topological polar surface area (TPSA) is 74.0 Å². The van der Waals surface area contributed by atoms with Crippen LogP contribution in [0.4, 0.5) is 0 Å². The molecule has 162 valence electrons. The average molecular weight is 419 g/mol. The molecule has 2 aromatic heterocycles. The van der Waals surface area contributed by atoms with E-state index in [4.69, 9.17) is 0 Å². The van der Waals surface area contributed by atoms with Gasteiger partial charge < -0.3 is 19.9 Å². The monoisotopic (exact) mass is 418 g/mol. The molecule has 1 unspecified atom stereocenters. The van der Waals surface area contributed by atoms with Crippen molar-refractivity contribution in [2.24, 2.45) is 10.9 Å². The van der Waals surface area contributed by atoms with E-state index in [-0.39, 0.29) is 5.91 Å². The maximum absolute atomic E-state index is 12.4. The van der Waals surface area contributed by atoms with Crippen molar-refractivity contribution in [3.8, 4) is 0 Å². The van der Waals surface area contributed by atoms with Crippen LogP contribution in [0.1, 0.15) is 23.4 Å². The van der Waals surface area contributed by atoms with Gasteiger partial charge in [-0.3, -0.25) is 9.79 Å². The number of hydrogen-bond acceptors (Lipinski definition) is 3. The molecule has 7 heteroatoms. The Bertz CT molecular complexity index is 1060. The van der Waals surface area contributed by atoms with Gasteiger partial charge in [0.2, 0.25) is 5.91 Å². The summed E-state index contributed by atoms with van der Waals surface area (Å²) >= 11 is 0. The first-order valence-corrected chi connectivity index (χ1v) is 10.8. The fourth-order valence-corrected chi connectivity index (χ4v) is 4.04. The molecule has 7 nitrogen and oxygen atoms in total. The molecule has 1 aliphatic rings. The number of hydrogen-bond donors (Lipinski definition) is 2. The summed E-state index contributed by atoms with van der Waals surface area (Å²) in [4.78, 5) is 23.3. The number of imidazole rings is 1. The molecule has 0 bridgehead atoms. The Hall–Kier alpha value is -3.35. The van der Waals surface area contributed by atoms with Crippen LogP contribution in [0.3, 0.4) is 0 Å². The highest BCUT2D eigenvalue weighted by Crippen LogP contribution is 2.17. The van der Waals surface area contributed by atoms with Crippen LogP contribution >= 0.6 is 0 Å². The zero-order valence-corrected chi connectivity index (χ0v) is 18.2. The van der Waals surface area contributed by atoms with Crippen LogP contribution in [0.15, 0.2) is 59.7 Å². The maximum Gasteiger partial charge on any atom is 0.223 e. The molecule has 31 heavy (non-hydrogen) atoms. The third-order valence-corrected chi connectivity index (χ3v) is 5.77. The van der Waals surface area contributed by atoms with Gasteiger partial charge in [-0.15, -0.1) is 0 Å². The van der Waals surface area contributed by atoms with Crippen molar-refractivity contribution in [3.05, 3.63) is 71.7 Å². The smallest absolute Gasteiger partial charge is 0.223 e. The Morgan fingerprint density at radius 3 is 2.77 bits per heavy atom. The second-order valence-corrected chi connectivity index (χ2v) is 8.08. The molecule has 0 saturated carbocycles. The van der Waals surface area contributed by atoms with Crippen LogP contribution in [0.25, 0.3) is 5.65 Å². The second kappa shape index (κ2) is 9.64. The fraction of sp³-hybridized carbons (Fsp3) is 0.375. The van der Waals surface area contributed by atoms with Crippen molar-refractivity contribution in [2.75, 3.05) is 26.7 Å². The highest BCUT2D eigenvalue weighted by molar-refractivity contribution is 5.80. The van der Waals surface area contributed by atoms with Crippen molar-refractivity contribution in [1.29, 1.82) is 0 Å². The molecule has 1 amide bonds. The molecule has 0 aliphatic carbocycles. The van der Waals surface area contributed by atoms with Crippen LogP contribution < -0.4 is 10.6 Å². The van der Waals surface area contributed by atoms with E-state index in [0.29, 0.717) is 18.9 Å². The van der Waals surface area contributed by atoms with Gasteiger partial charge in [-0.2, -0.15) is 0 Å². The summed E-state index contributed by atoms with van der Waals surface area (Å²) < 4.78 is 2.08. The lowest BCUT2D eigenvalue weighted by atomic mass is 10.1. The highest BCUT2D eigenvalue weighted by atomic mass is 16.2. The Balaban J connectivity index is 1.24. The number of benzene rings is 1. The summed E-state index contributed by atoms with van der Waals surface area (Å²) in [5, 5.41) is 6.69. The predicted octanol–water partition coefficient (Wildman–Crippen LogP) is 2.40. The number of likely N-dealkylation sites (tertiary alicyclic amines) is 1. The van der Waals surface area contributed by atoms with Crippen LogP contribution in [-0.2, 0) is 17.8 Å². The zero-order valence-electron chi connectivity index (χ0n) is 18.2. The van der Waals surface area contributed by atoms with Gasteiger partial charge in [0.1, 0.15) is 5.65 Å². The number of pyridine rings is 1. The van der Waals surface area contributed by atoms with Gasteiger partial charge in [-0.05, 0) is 31.0 Å². The summed E-state index contributed by atoms with van der Waals surface area (Å²) in [6.07, 6.45) is 3.53. The first-order chi connectivity index (χ1) is 15.1. The Kier molecular flexibility index (Phi) is 6.50. The van der Waals surface area contributed by atoms with E-state index in [0.717, 1.165) is 49.0 Å². The van der Waals surface area contributed by atoms with Crippen molar-refractivity contribution in [3.63, 3.8) is 0 Å². The lowest BCUT2D eigenvalue weighted by molar-refractivity contribution is -0.127. The van der Waals surface area contributed by atoms with E-state index in [2.05, 4.69) is 50.1 Å². The van der Waals surface area contributed by atoms with E-state index < -0.39 is 0 Å². The van der Waals surface area contributed by atoms with Gasteiger partial charge in [0.05, 0.1) is 12.2 Å². The number of aromatic nitrogens is 2. The van der Waals surface area contributed by atoms with E-state index in [9.17, 15) is 4.79 Å². The second-order valence-electron chi connectivity index (χ2n) is 8.08. The van der Waals surface area contributed by atoms with Crippen LogP contribution in [0, 0.1) is 12.8 Å². The van der Waals surface area contributed by atoms with Gasteiger partial charge in [-0.1, -0.05) is 36.4 Å². The Labute approximate surface area is 183 Å². The molecule has 1 aliphatic heterocycles. The quantitative estimate of drug-likeness (QED) is 0.456. The number of guanidine groups is 1. The van der Waals surface area contributed by atoms with Crippen LogP contribution in [-0.4, -0.2) is 52.8 Å². The number of nitrogens with zero attached hydrogens (tertiary/aromatic N) is 4. The molecule has 1 saturated heterocycles. The standard InChI is InChI=1S/C24H30N6O/c1-18-7-6-10-22-28-21(17-30(18)22)15-27-24(25-2)26-14-20-13-23(31)29(16-20)12-11-19-8-4-3-5-9-19/h3-10,17,20H,11-16H2,1-2H3,(H2,25,26,27). The normalized spacial score (nSPS) is 16.8. The number of amides is 1. The van der Waals surface area contributed by atoms with E-state index >= 15 is 0 Å². The molecular weight excluding hydrogens is 388 g/mol. The lowest BCUT2D eigenvalue weighted by Crippen LogP contribution is -2.40. The van der Waals surface area contributed by atoms with E-state index in [1.54, 1.807) is 7.05 Å². The summed E-state index contributed by atoms with van der Waals surface area (Å²) in [6, 6.07) is 16.4. The first kappa shape index (κ1) is 20.9. The van der Waals surface area contributed by atoms with Gasteiger partial charge >= 0.3 is 0 Å². The number of rotatable bonds is 7. The zero-order chi connectivity index (χ0) is 21.6. The van der Waals surface area contributed by atoms with Crippen molar-refractivity contribution < 1.29 is 4.79 Å². The number of fused-ring (bicyclic) bond motifs is 1. The molecule has 3 heterocycles. The molecule has 3 aromatic rings. The summed E-state index contributed by atoms with van der Waals surface area (Å²) in [7, 11) is 1.76. The molecular formula is C24H30N6O. The minimum atomic E-state index is 0.241. The maximum atomic E-state index is 12.4. The highest BCUT2D eigenvalue weighted by Gasteiger charge is 2.29. The summed E-state index contributed by atoms with van der Waals surface area (Å²) in [5.74, 6) is 1.26. The minimum Gasteiger partial charge on any atom is -0.356 e. The van der Waals surface area contributed by atoms with E-state index in [1.165, 1.54) is 5.56 Å². The summed E-state index contributed by atoms with van der Waals surface area (Å²) in [6.45, 7) is 4.95. The third-order valence-electron chi connectivity index (χ3n) is 5.77. The van der Waals surface area contributed by atoms with Crippen LogP contribution in [0.2, 0.25) is 0 Å². The Morgan fingerprint density at radius 2 is 2.00 bits per heavy atom. The molecule has 1 fully saturated rings. The molecule has 0 radical (unpaired) electrons. The van der Waals surface area contributed by atoms with E-state index in [1.807, 2.05) is 41.4 Å². The largest absolute Gasteiger partial charge is 0.356 e. The average Bonchev–Trinajstić information content (AvgIpc) is 3.37. The van der Waals surface area contributed by atoms with Gasteiger partial charge in [0, 0.05) is 50.9 Å². The van der Waals surface area contributed by atoms with Gasteiger partial charge in [0.25, 0.3) is 0 Å². The van der Waals surface area contributed by atoms with Crippen molar-refractivity contribution in [1.82, 2.24) is 24.9 Å². The number of aryl methyl sites for hydroxylation is 1. The third kappa shape index (κ3) is 5.23.